The fourth-order valence-corrected chi connectivity index (χ4v) is 1.70. The maximum atomic E-state index is 5.73. The van der Waals surface area contributed by atoms with Gasteiger partial charge in [0.05, 0.1) is 0 Å². The minimum Gasteiger partial charge on any atom is -0.489 e. The van der Waals surface area contributed by atoms with E-state index in [0.29, 0.717) is 13.2 Å². The van der Waals surface area contributed by atoms with E-state index in [9.17, 15) is 0 Å². The fraction of sp³-hybridized carbons (Fsp3) is 0.200. The zero-order valence-electron chi connectivity index (χ0n) is 10.0. The molecule has 17 heavy (non-hydrogen) atoms. The van der Waals surface area contributed by atoms with E-state index in [1.165, 1.54) is 11.1 Å². The highest BCUT2D eigenvalue weighted by molar-refractivity contribution is 5.34. The van der Waals surface area contributed by atoms with Crippen molar-refractivity contribution in [1.29, 1.82) is 0 Å². The van der Waals surface area contributed by atoms with Crippen LogP contribution in [0, 0.1) is 6.92 Å². The van der Waals surface area contributed by atoms with Crippen molar-refractivity contribution >= 4 is 0 Å². The van der Waals surface area contributed by atoms with E-state index in [-0.39, 0.29) is 0 Å². The van der Waals surface area contributed by atoms with Crippen LogP contribution in [0.1, 0.15) is 16.7 Å². The van der Waals surface area contributed by atoms with Crippen LogP contribution >= 0.6 is 0 Å². The minimum absolute atomic E-state index is 0.550. The summed E-state index contributed by atoms with van der Waals surface area (Å²) < 4.78 is 5.73. The van der Waals surface area contributed by atoms with Gasteiger partial charge in [0.1, 0.15) is 12.4 Å². The lowest BCUT2D eigenvalue weighted by molar-refractivity contribution is 0.306. The Balaban J connectivity index is 2.04. The highest BCUT2D eigenvalue weighted by Crippen LogP contribution is 2.18. The first-order valence-corrected chi connectivity index (χ1v) is 5.76. The van der Waals surface area contributed by atoms with Gasteiger partial charge in [-0.1, -0.05) is 36.4 Å². The quantitative estimate of drug-likeness (QED) is 0.871. The van der Waals surface area contributed by atoms with Gasteiger partial charge in [-0.05, 0) is 35.7 Å². The zero-order chi connectivity index (χ0) is 12.1. The number of hydrogen-bond acceptors (Lipinski definition) is 2. The highest BCUT2D eigenvalue weighted by atomic mass is 16.5. The van der Waals surface area contributed by atoms with E-state index in [1.807, 2.05) is 36.4 Å². The Hall–Kier alpha value is -1.80. The van der Waals surface area contributed by atoms with Gasteiger partial charge in [-0.15, -0.1) is 0 Å². The van der Waals surface area contributed by atoms with Gasteiger partial charge in [-0.2, -0.15) is 0 Å². The monoisotopic (exact) mass is 227 g/mol. The molecule has 2 aromatic rings. The van der Waals surface area contributed by atoms with Crippen molar-refractivity contribution in [2.75, 3.05) is 0 Å². The van der Waals surface area contributed by atoms with E-state index in [2.05, 4.69) is 19.1 Å². The molecule has 2 N–H and O–H groups in total. The Bertz CT molecular complexity index is 480. The first-order chi connectivity index (χ1) is 8.29. The molecule has 0 aromatic heterocycles. The summed E-state index contributed by atoms with van der Waals surface area (Å²) in [6.07, 6.45) is 0. The zero-order valence-corrected chi connectivity index (χ0v) is 10.0. The molecule has 2 nitrogen and oxygen atoms in total. The lowest BCUT2D eigenvalue weighted by Gasteiger charge is -2.09. The molecule has 0 aliphatic carbocycles. The maximum Gasteiger partial charge on any atom is 0.120 e. The molecule has 2 rings (SSSR count). The second kappa shape index (κ2) is 5.51. The van der Waals surface area contributed by atoms with Gasteiger partial charge in [-0.3, -0.25) is 0 Å². The molecular formula is C15H17NO. The Labute approximate surface area is 102 Å². The van der Waals surface area contributed by atoms with Gasteiger partial charge in [0.2, 0.25) is 0 Å². The van der Waals surface area contributed by atoms with Gasteiger partial charge in [-0.25, -0.2) is 0 Å². The average molecular weight is 227 g/mol. The first-order valence-electron chi connectivity index (χ1n) is 5.76. The number of aryl methyl sites for hydroxylation is 1. The summed E-state index contributed by atoms with van der Waals surface area (Å²) >= 11 is 0. The number of hydrogen-bond donors (Lipinski definition) is 1. The van der Waals surface area contributed by atoms with Crippen LogP contribution in [0.5, 0.6) is 5.75 Å². The SMILES string of the molecule is Cc1ccc(OCc2ccccc2)cc1CN. The third kappa shape index (κ3) is 3.08. The Morgan fingerprint density at radius 1 is 1.06 bits per heavy atom. The van der Waals surface area contributed by atoms with Gasteiger partial charge in [0.15, 0.2) is 0 Å². The predicted molar refractivity (Wildman–Crippen MR) is 69.8 cm³/mol. The van der Waals surface area contributed by atoms with Crippen molar-refractivity contribution < 1.29 is 4.74 Å². The molecule has 0 radical (unpaired) electrons. The third-order valence-electron chi connectivity index (χ3n) is 2.79. The lowest BCUT2D eigenvalue weighted by atomic mass is 10.1. The van der Waals surface area contributed by atoms with Gasteiger partial charge in [0, 0.05) is 6.54 Å². The summed E-state index contributed by atoms with van der Waals surface area (Å²) in [5.74, 6) is 0.875. The van der Waals surface area contributed by atoms with Crippen LogP contribution in [-0.2, 0) is 13.2 Å². The topological polar surface area (TPSA) is 35.2 Å². The standard InChI is InChI=1S/C15H17NO/c1-12-7-8-15(9-14(12)10-16)17-11-13-5-3-2-4-6-13/h2-9H,10-11,16H2,1H3. The molecular weight excluding hydrogens is 210 g/mol. The van der Waals surface area contributed by atoms with Gasteiger partial charge in [0.25, 0.3) is 0 Å². The normalized spacial score (nSPS) is 10.2. The third-order valence-corrected chi connectivity index (χ3v) is 2.79. The van der Waals surface area contributed by atoms with Crippen molar-refractivity contribution in [1.82, 2.24) is 0 Å². The van der Waals surface area contributed by atoms with Gasteiger partial charge < -0.3 is 10.5 Å². The van der Waals surface area contributed by atoms with Crippen LogP contribution in [0.2, 0.25) is 0 Å². The molecule has 0 heterocycles. The first kappa shape index (κ1) is 11.7. The van der Waals surface area contributed by atoms with E-state index < -0.39 is 0 Å². The van der Waals surface area contributed by atoms with Crippen LogP contribution < -0.4 is 10.5 Å². The predicted octanol–water partition coefficient (Wildman–Crippen LogP) is 3.03. The van der Waals surface area contributed by atoms with Crippen molar-refractivity contribution in [3.8, 4) is 5.75 Å². The van der Waals surface area contributed by atoms with E-state index >= 15 is 0 Å². The molecule has 0 amide bonds. The number of benzene rings is 2. The molecule has 0 aliphatic rings. The summed E-state index contributed by atoms with van der Waals surface area (Å²) in [6.45, 7) is 3.20. The van der Waals surface area contributed by atoms with Crippen LogP contribution in [-0.4, -0.2) is 0 Å². The number of ether oxygens (including phenoxy) is 1. The summed E-state index contributed by atoms with van der Waals surface area (Å²) in [6, 6.07) is 16.2. The van der Waals surface area contributed by atoms with Crippen LogP contribution in [0.4, 0.5) is 0 Å². The molecule has 88 valence electrons. The summed E-state index contributed by atoms with van der Waals surface area (Å²) in [5, 5.41) is 0. The van der Waals surface area contributed by atoms with Crippen LogP contribution in [0.25, 0.3) is 0 Å². The molecule has 0 bridgehead atoms. The summed E-state index contributed by atoms with van der Waals surface area (Å²) in [5.41, 5.74) is 9.18. The van der Waals surface area contributed by atoms with Crippen LogP contribution in [0.3, 0.4) is 0 Å². The molecule has 0 saturated heterocycles. The number of rotatable bonds is 4. The van der Waals surface area contributed by atoms with Crippen molar-refractivity contribution in [3.63, 3.8) is 0 Å². The molecule has 0 saturated carbocycles. The van der Waals surface area contributed by atoms with Crippen molar-refractivity contribution in [3.05, 3.63) is 65.2 Å². The number of nitrogens with two attached hydrogens (primary N) is 1. The largest absolute Gasteiger partial charge is 0.489 e. The Morgan fingerprint density at radius 3 is 2.53 bits per heavy atom. The molecule has 0 spiro atoms. The summed E-state index contributed by atoms with van der Waals surface area (Å²) in [7, 11) is 0. The van der Waals surface area contributed by atoms with Crippen LogP contribution in [0.15, 0.2) is 48.5 Å². The van der Waals surface area contributed by atoms with Crippen molar-refractivity contribution in [2.45, 2.75) is 20.1 Å². The second-order valence-corrected chi connectivity index (χ2v) is 4.07. The average Bonchev–Trinajstić information content (AvgIpc) is 2.39. The van der Waals surface area contributed by atoms with E-state index in [0.717, 1.165) is 11.3 Å². The smallest absolute Gasteiger partial charge is 0.120 e. The lowest BCUT2D eigenvalue weighted by Crippen LogP contribution is -2.01. The van der Waals surface area contributed by atoms with Crippen molar-refractivity contribution in [2.24, 2.45) is 5.73 Å². The molecule has 0 atom stereocenters. The molecule has 0 fully saturated rings. The Kier molecular flexibility index (Phi) is 3.78. The van der Waals surface area contributed by atoms with Gasteiger partial charge >= 0.3 is 0 Å². The molecule has 0 aliphatic heterocycles. The minimum atomic E-state index is 0.550. The summed E-state index contributed by atoms with van der Waals surface area (Å²) in [4.78, 5) is 0. The highest BCUT2D eigenvalue weighted by Gasteiger charge is 2.00. The van der Waals surface area contributed by atoms with E-state index in [4.69, 9.17) is 10.5 Å². The molecule has 0 unspecified atom stereocenters. The molecule has 2 heteroatoms. The fourth-order valence-electron chi connectivity index (χ4n) is 1.70. The molecule has 2 aromatic carbocycles. The van der Waals surface area contributed by atoms with E-state index in [1.54, 1.807) is 0 Å². The Morgan fingerprint density at radius 2 is 1.82 bits per heavy atom. The second-order valence-electron chi connectivity index (χ2n) is 4.07. The maximum absolute atomic E-state index is 5.73.